The van der Waals surface area contributed by atoms with Crippen molar-refractivity contribution in [1.29, 1.82) is 0 Å². The van der Waals surface area contributed by atoms with Gasteiger partial charge in [0.1, 0.15) is 0 Å². The Morgan fingerprint density at radius 1 is 1.13 bits per heavy atom. The van der Waals surface area contributed by atoms with Gasteiger partial charge in [-0.05, 0) is 13.0 Å². The minimum Gasteiger partial charge on any atom is -1.00 e. The first-order valence-corrected chi connectivity index (χ1v) is 6.82. The maximum absolute atomic E-state index is 10.7. The van der Waals surface area contributed by atoms with Crippen LogP contribution in [-0.4, -0.2) is 36.3 Å². The van der Waals surface area contributed by atoms with Crippen LogP contribution >= 0.6 is 15.2 Å². The molecule has 0 aliphatic carbocycles. The van der Waals surface area contributed by atoms with Gasteiger partial charge in [-0.1, -0.05) is 0 Å². The van der Waals surface area contributed by atoms with Crippen molar-refractivity contribution in [3.8, 4) is 0 Å². The molecule has 7 N–H and O–H groups in total. The van der Waals surface area contributed by atoms with Crippen molar-refractivity contribution in [2.45, 2.75) is 17.9 Å². The van der Waals surface area contributed by atoms with E-state index in [4.69, 9.17) is 25.3 Å². The largest absolute Gasteiger partial charge is 1.00 e. The first-order chi connectivity index (χ1) is 6.06. The molecule has 0 aromatic rings. The Hall–Kier alpha value is 1.22. The molecule has 0 amide bonds. The summed E-state index contributed by atoms with van der Waals surface area (Å²) in [5, 5.41) is 5.91. The summed E-state index contributed by atoms with van der Waals surface area (Å²) >= 11 is 0. The first-order valence-electron chi connectivity index (χ1n) is 3.60. The van der Waals surface area contributed by atoms with E-state index in [0.717, 1.165) is 0 Å². The molecule has 0 aliphatic heterocycles. The maximum atomic E-state index is 10.7. The summed E-state index contributed by atoms with van der Waals surface area (Å²) in [6.07, 6.45) is -0.856. The van der Waals surface area contributed by atoms with Crippen molar-refractivity contribution < 1.29 is 64.8 Å². The van der Waals surface area contributed by atoms with E-state index >= 15 is 0 Å². The fourth-order valence-electron chi connectivity index (χ4n) is 0.800. The van der Waals surface area contributed by atoms with Gasteiger partial charge in [0.2, 0.25) is 0 Å². The van der Waals surface area contributed by atoms with Crippen molar-refractivity contribution in [2.75, 3.05) is 6.54 Å². The van der Waals surface area contributed by atoms with Gasteiger partial charge in [0.05, 0.1) is 0 Å². The predicted octanol–water partition coefficient (Wildman–Crippen LogP) is -4.16. The monoisotopic (exact) mass is 273 g/mol. The molecule has 0 rings (SSSR count). The molecule has 88 valence electrons. The standard InChI is InChI=1S/C4H13NO7P2.Na.H/c5-3-1-2-4(6,13(7,8)9)14(10,11)12;;/h6H,1-3,5H2,(H2,7,8,9)(H2,10,11,12);;/q;+1;-1. The zero-order valence-electron chi connectivity index (χ0n) is 9.15. The Kier molecular flexibility index (Phi) is 7.72. The Bertz CT molecular complexity index is 268. The van der Waals surface area contributed by atoms with Crippen LogP contribution in [0.25, 0.3) is 0 Å². The fraction of sp³-hybridized carbons (Fsp3) is 1.00. The van der Waals surface area contributed by atoms with Gasteiger partial charge >= 0.3 is 44.7 Å². The van der Waals surface area contributed by atoms with Gasteiger partial charge in [-0.2, -0.15) is 0 Å². The summed E-state index contributed by atoms with van der Waals surface area (Å²) in [5.74, 6) is 0. The Morgan fingerprint density at radius 3 is 1.67 bits per heavy atom. The molecule has 0 fully saturated rings. The van der Waals surface area contributed by atoms with Gasteiger partial charge in [-0.15, -0.1) is 0 Å². The van der Waals surface area contributed by atoms with Crippen molar-refractivity contribution >= 4 is 15.2 Å². The normalized spacial score (nSPS) is 13.5. The molecule has 0 spiro atoms. The minimum atomic E-state index is -5.30. The van der Waals surface area contributed by atoms with Gasteiger partial charge in [-0.25, -0.2) is 0 Å². The van der Waals surface area contributed by atoms with Crippen LogP contribution in [0.1, 0.15) is 14.3 Å². The topological polar surface area (TPSA) is 161 Å². The SMILES string of the molecule is NCCCC(O)(P(=O)(O)O)P(=O)(O)O.[H-].[Na+]. The van der Waals surface area contributed by atoms with Crippen molar-refractivity contribution in [3.63, 3.8) is 0 Å². The van der Waals surface area contributed by atoms with Crippen LogP contribution in [0.3, 0.4) is 0 Å². The van der Waals surface area contributed by atoms with E-state index < -0.39 is 26.7 Å². The van der Waals surface area contributed by atoms with Crippen LogP contribution in [-0.2, 0) is 9.13 Å². The Morgan fingerprint density at radius 2 is 1.47 bits per heavy atom. The van der Waals surface area contributed by atoms with Crippen LogP contribution in [0.4, 0.5) is 0 Å². The Balaban J connectivity index is -0.000000845. The maximum Gasteiger partial charge on any atom is 1.00 e. The zero-order valence-corrected chi connectivity index (χ0v) is 11.9. The summed E-state index contributed by atoms with van der Waals surface area (Å²) < 4.78 is 21.4. The van der Waals surface area contributed by atoms with E-state index in [9.17, 15) is 14.2 Å². The molecular weight excluding hydrogens is 259 g/mol. The summed E-state index contributed by atoms with van der Waals surface area (Å²) in [7, 11) is -10.6. The van der Waals surface area contributed by atoms with Crippen LogP contribution in [0.15, 0.2) is 0 Å². The molecule has 0 saturated heterocycles. The summed E-state index contributed by atoms with van der Waals surface area (Å²) in [5.41, 5.74) is 5.01. The molecule has 15 heavy (non-hydrogen) atoms. The van der Waals surface area contributed by atoms with E-state index in [1.807, 2.05) is 0 Å². The van der Waals surface area contributed by atoms with E-state index in [1.165, 1.54) is 0 Å². The van der Waals surface area contributed by atoms with E-state index in [-0.39, 0.29) is 43.9 Å². The predicted molar refractivity (Wildman–Crippen MR) is 48.4 cm³/mol. The molecule has 0 unspecified atom stereocenters. The second-order valence-electron chi connectivity index (χ2n) is 2.75. The third kappa shape index (κ3) is 4.53. The van der Waals surface area contributed by atoms with E-state index in [0.29, 0.717) is 0 Å². The molecule has 8 nitrogen and oxygen atoms in total. The number of hydrogen-bond donors (Lipinski definition) is 6. The smallest absolute Gasteiger partial charge is 1.00 e. The van der Waals surface area contributed by atoms with Gasteiger partial charge in [0, 0.05) is 6.42 Å². The molecule has 0 aromatic heterocycles. The third-order valence-electron chi connectivity index (χ3n) is 1.65. The fourth-order valence-corrected chi connectivity index (χ4v) is 3.06. The van der Waals surface area contributed by atoms with E-state index in [2.05, 4.69) is 0 Å². The van der Waals surface area contributed by atoms with Gasteiger partial charge in [0.15, 0.2) is 0 Å². The van der Waals surface area contributed by atoms with Crippen LogP contribution in [0.5, 0.6) is 0 Å². The second-order valence-corrected chi connectivity index (χ2v) is 6.76. The van der Waals surface area contributed by atoms with Crippen LogP contribution in [0, 0.1) is 0 Å². The minimum absolute atomic E-state index is 0. The summed E-state index contributed by atoms with van der Waals surface area (Å²) in [6, 6.07) is 0. The quantitative estimate of drug-likeness (QED) is 0.217. The third-order valence-corrected chi connectivity index (χ3v) is 5.53. The molecule has 0 bridgehead atoms. The number of aliphatic hydroxyl groups is 1. The number of hydrogen-bond acceptors (Lipinski definition) is 4. The van der Waals surface area contributed by atoms with Crippen LogP contribution < -0.4 is 35.3 Å². The molecule has 0 saturated carbocycles. The first kappa shape index (κ1) is 18.6. The Labute approximate surface area is 110 Å². The summed E-state index contributed by atoms with van der Waals surface area (Å²) in [6.45, 7) is -0.0394. The molecule has 0 atom stereocenters. The summed E-state index contributed by atoms with van der Waals surface area (Å²) in [4.78, 5) is 34.5. The number of nitrogens with two attached hydrogens (primary N) is 1. The molecule has 0 aliphatic rings. The zero-order chi connectivity index (χ0) is 11.6. The van der Waals surface area contributed by atoms with Crippen LogP contribution in [0.2, 0.25) is 0 Å². The van der Waals surface area contributed by atoms with E-state index in [1.54, 1.807) is 0 Å². The molecule has 0 aromatic carbocycles. The van der Waals surface area contributed by atoms with Gasteiger partial charge in [0.25, 0.3) is 5.08 Å². The van der Waals surface area contributed by atoms with Crippen molar-refractivity contribution in [1.82, 2.24) is 0 Å². The molecule has 0 radical (unpaired) electrons. The van der Waals surface area contributed by atoms with Crippen molar-refractivity contribution in [2.24, 2.45) is 5.73 Å². The van der Waals surface area contributed by atoms with Gasteiger partial charge < -0.3 is 31.8 Å². The van der Waals surface area contributed by atoms with Gasteiger partial charge in [-0.3, -0.25) is 9.13 Å². The second kappa shape index (κ2) is 6.23. The van der Waals surface area contributed by atoms with Crippen molar-refractivity contribution in [3.05, 3.63) is 0 Å². The average molecular weight is 273 g/mol. The average Bonchev–Trinajstić information content (AvgIpc) is 1.95. The molecule has 11 heteroatoms. The molecule has 0 heterocycles. The molecular formula is C4H14NNaO7P2. The number of rotatable bonds is 5.